The molecule has 0 atom stereocenters. The van der Waals surface area contributed by atoms with Gasteiger partial charge in [0.25, 0.3) is 0 Å². The van der Waals surface area contributed by atoms with Gasteiger partial charge in [-0.25, -0.2) is 0 Å². The lowest BCUT2D eigenvalue weighted by Crippen LogP contribution is -2.47. The second-order valence-corrected chi connectivity index (χ2v) is 9.38. The molecule has 5 nitrogen and oxygen atoms in total. The smallest absolute Gasteiger partial charge is 0.180 e. The van der Waals surface area contributed by atoms with E-state index in [9.17, 15) is 0 Å². The number of hydrogen-bond acceptors (Lipinski definition) is 5. The largest absolute Gasteiger partial charge is 0.385 e. The molecule has 2 aromatic carbocycles. The summed E-state index contributed by atoms with van der Waals surface area (Å²) >= 11 is 0. The van der Waals surface area contributed by atoms with E-state index in [-0.39, 0.29) is 5.41 Å². The Morgan fingerprint density at radius 2 is 1.90 bits per heavy atom. The summed E-state index contributed by atoms with van der Waals surface area (Å²) in [4.78, 5) is 4.94. The Bertz CT molecular complexity index is 1020. The Balaban J connectivity index is 1.20. The molecule has 0 unspecified atom stereocenters. The second kappa shape index (κ2) is 7.95. The minimum Gasteiger partial charge on any atom is -0.385 e. The quantitative estimate of drug-likeness (QED) is 0.684. The minimum atomic E-state index is 0.251. The van der Waals surface area contributed by atoms with Crippen molar-refractivity contribution in [2.45, 2.75) is 38.5 Å². The van der Waals surface area contributed by atoms with Crippen molar-refractivity contribution in [2.75, 3.05) is 49.5 Å². The molecule has 1 N–H and O–H groups in total. The Morgan fingerprint density at radius 3 is 2.77 bits per heavy atom. The van der Waals surface area contributed by atoms with Gasteiger partial charge in [-0.1, -0.05) is 43.3 Å². The van der Waals surface area contributed by atoms with Crippen LogP contribution in [0.3, 0.4) is 0 Å². The molecule has 5 rings (SSSR count). The summed E-state index contributed by atoms with van der Waals surface area (Å²) in [6.45, 7) is 11.1. The fraction of sp³-hybridized carbons (Fsp3) is 0.480. The average Bonchev–Trinajstić information content (AvgIpc) is 3.13. The van der Waals surface area contributed by atoms with E-state index in [1.807, 2.05) is 12.1 Å². The maximum absolute atomic E-state index is 5.50. The molecule has 3 aromatic rings. The lowest BCUT2D eigenvalue weighted by molar-refractivity contribution is 0.259. The predicted octanol–water partition coefficient (Wildman–Crippen LogP) is 4.68. The third-order valence-corrected chi connectivity index (χ3v) is 6.85. The van der Waals surface area contributed by atoms with Crippen molar-refractivity contribution in [3.05, 3.63) is 53.6 Å². The molecule has 0 aliphatic carbocycles. The predicted molar refractivity (Wildman–Crippen MR) is 124 cm³/mol. The molecule has 5 heteroatoms. The first kappa shape index (κ1) is 19.4. The number of anilines is 2. The summed E-state index contributed by atoms with van der Waals surface area (Å²) < 4.78 is 5.50. The van der Waals surface area contributed by atoms with Crippen molar-refractivity contribution < 1.29 is 4.52 Å². The molecule has 1 aromatic heterocycles. The highest BCUT2D eigenvalue weighted by atomic mass is 16.5. The maximum atomic E-state index is 5.50. The number of nitrogens with one attached hydrogen (secondary N) is 1. The molecule has 0 spiro atoms. The number of piperazine rings is 1. The molecule has 0 bridgehead atoms. The van der Waals surface area contributed by atoms with E-state index in [0.29, 0.717) is 0 Å². The van der Waals surface area contributed by atoms with Gasteiger partial charge < -0.3 is 14.7 Å². The number of benzene rings is 2. The molecule has 30 heavy (non-hydrogen) atoms. The van der Waals surface area contributed by atoms with Gasteiger partial charge in [-0.3, -0.25) is 4.90 Å². The first-order valence-corrected chi connectivity index (χ1v) is 11.3. The summed E-state index contributed by atoms with van der Waals surface area (Å²) in [5.41, 5.74) is 5.39. The van der Waals surface area contributed by atoms with Gasteiger partial charge in [0.1, 0.15) is 0 Å². The highest BCUT2D eigenvalue weighted by Crippen LogP contribution is 2.37. The Labute approximate surface area is 179 Å². The SMILES string of the molecule is CC1(C)CCCNc2ccc(CCN3CCN(c4noc5ccccc45)CC3)cc21. The molecule has 0 saturated carbocycles. The van der Waals surface area contributed by atoms with Crippen LogP contribution in [0, 0.1) is 0 Å². The fourth-order valence-corrected chi connectivity index (χ4v) is 4.92. The first-order chi connectivity index (χ1) is 14.6. The highest BCUT2D eigenvalue weighted by molar-refractivity contribution is 5.88. The van der Waals surface area contributed by atoms with Gasteiger partial charge in [0.05, 0.1) is 5.39 Å². The number of fused-ring (bicyclic) bond motifs is 2. The van der Waals surface area contributed by atoms with Crippen molar-refractivity contribution in [2.24, 2.45) is 0 Å². The molecule has 2 aliphatic rings. The lowest BCUT2D eigenvalue weighted by Gasteiger charge is -2.34. The molecule has 1 fully saturated rings. The number of rotatable bonds is 4. The van der Waals surface area contributed by atoms with Crippen LogP contribution in [0.25, 0.3) is 11.0 Å². The van der Waals surface area contributed by atoms with Gasteiger partial charge in [0.15, 0.2) is 11.4 Å². The zero-order valence-corrected chi connectivity index (χ0v) is 18.2. The van der Waals surface area contributed by atoms with Crippen LogP contribution in [0.5, 0.6) is 0 Å². The van der Waals surface area contributed by atoms with Crippen LogP contribution in [0.15, 0.2) is 47.0 Å². The van der Waals surface area contributed by atoms with Gasteiger partial charge >= 0.3 is 0 Å². The van der Waals surface area contributed by atoms with E-state index in [2.05, 4.69) is 64.5 Å². The molecule has 3 heterocycles. The van der Waals surface area contributed by atoms with Crippen LogP contribution in [-0.2, 0) is 11.8 Å². The van der Waals surface area contributed by atoms with Crippen molar-refractivity contribution in [1.29, 1.82) is 0 Å². The Hall–Kier alpha value is -2.53. The van der Waals surface area contributed by atoms with E-state index < -0.39 is 0 Å². The summed E-state index contributed by atoms with van der Waals surface area (Å²) in [5, 5.41) is 9.06. The van der Waals surface area contributed by atoms with Crippen LogP contribution in [0.4, 0.5) is 11.5 Å². The van der Waals surface area contributed by atoms with E-state index >= 15 is 0 Å². The summed E-state index contributed by atoms with van der Waals surface area (Å²) in [6, 6.07) is 15.2. The second-order valence-electron chi connectivity index (χ2n) is 9.38. The van der Waals surface area contributed by atoms with Gasteiger partial charge in [-0.2, -0.15) is 0 Å². The van der Waals surface area contributed by atoms with E-state index in [1.54, 1.807) is 0 Å². The summed E-state index contributed by atoms with van der Waals surface area (Å²) in [6.07, 6.45) is 3.59. The highest BCUT2D eigenvalue weighted by Gasteiger charge is 2.26. The third-order valence-electron chi connectivity index (χ3n) is 6.85. The minimum absolute atomic E-state index is 0.251. The standard InChI is InChI=1S/C25H32N4O/c1-25(2)11-5-12-26-22-9-8-19(18-21(22)25)10-13-28-14-16-29(17-15-28)24-20-6-3-4-7-23(20)30-27-24/h3-4,6-9,18,26H,5,10-17H2,1-2H3. The van der Waals surface area contributed by atoms with Crippen LogP contribution >= 0.6 is 0 Å². The maximum Gasteiger partial charge on any atom is 0.180 e. The fourth-order valence-electron chi connectivity index (χ4n) is 4.92. The molecular weight excluding hydrogens is 372 g/mol. The topological polar surface area (TPSA) is 44.5 Å². The van der Waals surface area contributed by atoms with E-state index in [0.717, 1.165) is 62.5 Å². The number of hydrogen-bond donors (Lipinski definition) is 1. The Morgan fingerprint density at radius 1 is 1.07 bits per heavy atom. The zero-order chi connectivity index (χ0) is 20.6. The van der Waals surface area contributed by atoms with E-state index in [4.69, 9.17) is 4.52 Å². The van der Waals surface area contributed by atoms with Crippen LogP contribution in [0.1, 0.15) is 37.8 Å². The number of para-hydroxylation sites is 1. The molecular formula is C25H32N4O. The average molecular weight is 405 g/mol. The van der Waals surface area contributed by atoms with Crippen molar-refractivity contribution in [3.8, 4) is 0 Å². The summed E-state index contributed by atoms with van der Waals surface area (Å²) in [7, 11) is 0. The van der Waals surface area contributed by atoms with Crippen LogP contribution < -0.4 is 10.2 Å². The van der Waals surface area contributed by atoms with Gasteiger partial charge in [0.2, 0.25) is 0 Å². The molecule has 0 radical (unpaired) electrons. The van der Waals surface area contributed by atoms with Crippen LogP contribution in [-0.4, -0.2) is 49.3 Å². The normalized spacial score (nSPS) is 19.3. The molecule has 0 amide bonds. The number of aromatic nitrogens is 1. The molecule has 1 saturated heterocycles. The first-order valence-electron chi connectivity index (χ1n) is 11.3. The Kier molecular flexibility index (Phi) is 5.15. The summed E-state index contributed by atoms with van der Waals surface area (Å²) in [5.74, 6) is 0.991. The van der Waals surface area contributed by atoms with Gasteiger partial charge in [-0.05, 0) is 54.0 Å². The molecule has 2 aliphatic heterocycles. The monoisotopic (exact) mass is 404 g/mol. The van der Waals surface area contributed by atoms with Gasteiger partial charge in [0, 0.05) is 45.0 Å². The third kappa shape index (κ3) is 3.79. The zero-order valence-electron chi connectivity index (χ0n) is 18.2. The van der Waals surface area contributed by atoms with Gasteiger partial charge in [-0.15, -0.1) is 0 Å². The van der Waals surface area contributed by atoms with Crippen molar-refractivity contribution >= 4 is 22.5 Å². The lowest BCUT2D eigenvalue weighted by atomic mass is 9.80. The van der Waals surface area contributed by atoms with Crippen molar-refractivity contribution in [3.63, 3.8) is 0 Å². The van der Waals surface area contributed by atoms with Crippen molar-refractivity contribution in [1.82, 2.24) is 10.1 Å². The molecule has 158 valence electrons. The van der Waals surface area contributed by atoms with Crippen LogP contribution in [0.2, 0.25) is 0 Å². The number of nitrogens with zero attached hydrogens (tertiary/aromatic N) is 3. The van der Waals surface area contributed by atoms with E-state index in [1.165, 1.54) is 29.7 Å².